The van der Waals surface area contributed by atoms with Crippen molar-refractivity contribution in [2.45, 2.75) is 0 Å². The molecule has 0 spiro atoms. The van der Waals surface area contributed by atoms with Gasteiger partial charge in [-0.15, -0.1) is 10.2 Å². The Labute approximate surface area is 112 Å². The number of nitrogens with zero attached hydrogens (tertiary/aromatic N) is 1. The summed E-state index contributed by atoms with van der Waals surface area (Å²) in [4.78, 5) is 0. The van der Waals surface area contributed by atoms with Gasteiger partial charge in [-0.25, -0.2) is 23.2 Å². The smallest absolute Gasteiger partial charge is 0.169 e. The van der Waals surface area contributed by atoms with Crippen molar-refractivity contribution in [2.24, 2.45) is 7.05 Å². The Morgan fingerprint density at radius 1 is 0.842 bits per heavy atom. The van der Waals surface area contributed by atoms with Crippen LogP contribution in [0.25, 0.3) is 11.1 Å². The Morgan fingerprint density at radius 3 is 1.63 bits per heavy atom. The van der Waals surface area contributed by atoms with Gasteiger partial charge in [-0.1, -0.05) is 12.1 Å². The second kappa shape index (κ2) is 6.46. The SMILES string of the molecule is C[n+]1ccc(-c2ccc(N)cc2)cc1.[O-][Cl+3]([O-])([O-])[O-]. The Balaban J connectivity index is 0.000000312. The quantitative estimate of drug-likeness (QED) is 0.442. The van der Waals surface area contributed by atoms with Crippen molar-refractivity contribution >= 4 is 5.69 Å². The standard InChI is InChI=1S/C12H12N2.ClHO4/c1-14-8-6-11(7-9-14)10-2-4-12(13)5-3-10;2-1(3,4)5/h2-9,13H,1H3;(H,2,3,4,5). The van der Waals surface area contributed by atoms with Gasteiger partial charge in [-0.2, -0.15) is 0 Å². The summed E-state index contributed by atoms with van der Waals surface area (Å²) in [6, 6.07) is 12.1. The first-order valence-electron chi connectivity index (χ1n) is 5.18. The number of nitrogens with two attached hydrogens (primary N) is 1. The van der Waals surface area contributed by atoms with Crippen molar-refractivity contribution in [3.8, 4) is 11.1 Å². The minimum Gasteiger partial charge on any atom is -0.399 e. The molecule has 2 N–H and O–H groups in total. The Hall–Kier alpha value is -1.70. The van der Waals surface area contributed by atoms with E-state index in [1.165, 1.54) is 11.1 Å². The summed E-state index contributed by atoms with van der Waals surface area (Å²) >= 11 is 0. The Morgan fingerprint density at radius 2 is 1.21 bits per heavy atom. The predicted octanol–water partition coefficient (Wildman–Crippen LogP) is -3.00. The molecule has 0 fully saturated rings. The second-order valence-corrected chi connectivity index (χ2v) is 4.51. The molecular formula is C12H13ClN2O4. The molecule has 6 nitrogen and oxygen atoms in total. The highest BCUT2D eigenvalue weighted by Crippen LogP contribution is 2.18. The first kappa shape index (κ1) is 15.4. The van der Waals surface area contributed by atoms with Crippen LogP contribution in [0.3, 0.4) is 0 Å². The van der Waals surface area contributed by atoms with Gasteiger partial charge in [0.25, 0.3) is 0 Å². The van der Waals surface area contributed by atoms with Crippen LogP contribution in [0.5, 0.6) is 0 Å². The van der Waals surface area contributed by atoms with Crippen molar-refractivity contribution in [1.29, 1.82) is 0 Å². The zero-order valence-corrected chi connectivity index (χ0v) is 10.9. The van der Waals surface area contributed by atoms with E-state index in [1.807, 2.05) is 48.3 Å². The van der Waals surface area contributed by atoms with Crippen LogP contribution in [0.4, 0.5) is 5.69 Å². The molecule has 0 bridgehead atoms. The van der Waals surface area contributed by atoms with Crippen LogP contribution in [-0.4, -0.2) is 0 Å². The minimum absolute atomic E-state index is 0.801. The molecule has 0 aliphatic rings. The van der Waals surface area contributed by atoms with Gasteiger partial charge in [0, 0.05) is 17.8 Å². The van der Waals surface area contributed by atoms with Gasteiger partial charge in [0.15, 0.2) is 12.4 Å². The van der Waals surface area contributed by atoms with E-state index < -0.39 is 10.2 Å². The van der Waals surface area contributed by atoms with Crippen LogP contribution in [0.1, 0.15) is 0 Å². The molecular weight excluding hydrogens is 272 g/mol. The lowest BCUT2D eigenvalue weighted by Gasteiger charge is -2.17. The van der Waals surface area contributed by atoms with E-state index in [1.54, 1.807) is 0 Å². The maximum Gasteiger partial charge on any atom is 0.169 e. The van der Waals surface area contributed by atoms with Crippen molar-refractivity contribution in [2.75, 3.05) is 5.73 Å². The molecule has 2 aromatic rings. The average Bonchev–Trinajstić information content (AvgIpc) is 2.29. The van der Waals surface area contributed by atoms with Gasteiger partial charge in [0.05, 0.1) is 0 Å². The molecule has 1 aromatic heterocycles. The van der Waals surface area contributed by atoms with E-state index >= 15 is 0 Å². The number of hydrogen-bond acceptors (Lipinski definition) is 5. The summed E-state index contributed by atoms with van der Waals surface area (Å²) in [5.74, 6) is 0. The van der Waals surface area contributed by atoms with Crippen molar-refractivity contribution in [1.82, 2.24) is 0 Å². The van der Waals surface area contributed by atoms with E-state index in [0.29, 0.717) is 0 Å². The summed E-state index contributed by atoms with van der Waals surface area (Å²) < 4.78 is 36.0. The highest BCUT2D eigenvalue weighted by atomic mass is 35.7. The normalized spacial score (nSPS) is 10.6. The highest BCUT2D eigenvalue weighted by molar-refractivity contribution is 5.64. The average molecular weight is 285 g/mol. The third kappa shape index (κ3) is 6.70. The molecule has 2 rings (SSSR count). The highest BCUT2D eigenvalue weighted by Gasteiger charge is 1.98. The van der Waals surface area contributed by atoms with E-state index in [4.69, 9.17) is 24.4 Å². The number of rotatable bonds is 1. The van der Waals surface area contributed by atoms with Gasteiger partial charge in [0.1, 0.15) is 7.05 Å². The minimum atomic E-state index is -4.94. The zero-order chi connectivity index (χ0) is 14.5. The van der Waals surface area contributed by atoms with Gasteiger partial charge in [-0.3, -0.25) is 0 Å². The van der Waals surface area contributed by atoms with Crippen LogP contribution in [0.15, 0.2) is 48.8 Å². The third-order valence-corrected chi connectivity index (χ3v) is 2.22. The van der Waals surface area contributed by atoms with E-state index in [0.717, 1.165) is 5.69 Å². The van der Waals surface area contributed by atoms with Crippen LogP contribution < -0.4 is 28.9 Å². The fourth-order valence-electron chi connectivity index (χ4n) is 1.37. The van der Waals surface area contributed by atoms with E-state index in [-0.39, 0.29) is 0 Å². The molecule has 0 amide bonds. The molecule has 0 atom stereocenters. The van der Waals surface area contributed by atoms with Crippen molar-refractivity contribution in [3.05, 3.63) is 48.8 Å². The summed E-state index contributed by atoms with van der Waals surface area (Å²) in [6.07, 6.45) is 4.07. The first-order valence-corrected chi connectivity index (χ1v) is 6.42. The molecule has 7 heteroatoms. The van der Waals surface area contributed by atoms with E-state index in [2.05, 4.69) is 12.1 Å². The van der Waals surface area contributed by atoms with Gasteiger partial charge < -0.3 is 5.73 Å². The maximum absolute atomic E-state index is 8.49. The van der Waals surface area contributed by atoms with Crippen molar-refractivity contribution < 1.29 is 33.4 Å². The molecule has 0 aliphatic carbocycles. The molecule has 0 aliphatic heterocycles. The third-order valence-electron chi connectivity index (χ3n) is 2.22. The monoisotopic (exact) mass is 284 g/mol. The molecule has 0 saturated heterocycles. The number of aromatic nitrogens is 1. The van der Waals surface area contributed by atoms with Crippen molar-refractivity contribution in [3.63, 3.8) is 0 Å². The van der Waals surface area contributed by atoms with E-state index in [9.17, 15) is 0 Å². The topological polar surface area (TPSA) is 122 Å². The van der Waals surface area contributed by atoms with Gasteiger partial charge in [-0.05, 0) is 23.3 Å². The van der Waals surface area contributed by atoms with Gasteiger partial charge >= 0.3 is 0 Å². The number of aryl methyl sites for hydroxylation is 1. The van der Waals surface area contributed by atoms with Crippen LogP contribution in [0, 0.1) is 10.2 Å². The zero-order valence-electron chi connectivity index (χ0n) is 10.2. The molecule has 102 valence electrons. The molecule has 1 aromatic carbocycles. The summed E-state index contributed by atoms with van der Waals surface area (Å²) in [7, 11) is -2.94. The maximum atomic E-state index is 8.49. The van der Waals surface area contributed by atoms with Crippen LogP contribution in [-0.2, 0) is 7.05 Å². The number of hydrogen-bond donors (Lipinski definition) is 1. The number of pyridine rings is 1. The van der Waals surface area contributed by atoms with Crippen LogP contribution >= 0.6 is 0 Å². The molecule has 1 heterocycles. The summed E-state index contributed by atoms with van der Waals surface area (Å²) in [5, 5.41) is 0. The lowest BCUT2D eigenvalue weighted by atomic mass is 10.1. The van der Waals surface area contributed by atoms with Gasteiger partial charge in [0.2, 0.25) is 0 Å². The fraction of sp³-hybridized carbons (Fsp3) is 0.0833. The number of benzene rings is 1. The first-order chi connectivity index (χ1) is 8.75. The lowest BCUT2D eigenvalue weighted by molar-refractivity contribution is -2.00. The molecule has 0 saturated carbocycles. The molecule has 0 unspecified atom stereocenters. The summed E-state index contributed by atoms with van der Waals surface area (Å²) in [5.41, 5.74) is 8.83. The Bertz CT molecular complexity index is 459. The predicted molar refractivity (Wildman–Crippen MR) is 57.5 cm³/mol. The number of nitrogen functional groups attached to an aromatic ring is 1. The fourth-order valence-corrected chi connectivity index (χ4v) is 1.37. The van der Waals surface area contributed by atoms with Crippen LogP contribution in [0.2, 0.25) is 0 Å². The second-order valence-electron chi connectivity index (χ2n) is 3.75. The summed E-state index contributed by atoms with van der Waals surface area (Å²) in [6.45, 7) is 0. The molecule has 0 radical (unpaired) electrons. The number of anilines is 1. The molecule has 19 heavy (non-hydrogen) atoms. The largest absolute Gasteiger partial charge is 0.399 e. The lowest BCUT2D eigenvalue weighted by Crippen LogP contribution is -2.68. The number of halogens is 1. The Kier molecular flexibility index (Phi) is 5.22.